The Hall–Kier alpha value is -2.51. The lowest BCUT2D eigenvalue weighted by atomic mass is 9.73. The molecule has 0 radical (unpaired) electrons. The van der Waals surface area contributed by atoms with Crippen molar-refractivity contribution >= 4 is 23.5 Å². The first-order valence-electron chi connectivity index (χ1n) is 8.41. The first-order chi connectivity index (χ1) is 12.1. The fourth-order valence-electron chi connectivity index (χ4n) is 2.77. The number of alkyl halides is 2. The highest BCUT2D eigenvalue weighted by atomic mass is 19.3. The molecule has 1 aliphatic rings. The number of carbonyl (C=O) groups is 3. The highest BCUT2D eigenvalue weighted by molar-refractivity contribution is 5.97. The SMILES string of the molecule is CC1(C(=O)Nc2ccc(C(=O)NCCC(=O)O)cc2)CCC(F)(F)CC1. The van der Waals surface area contributed by atoms with E-state index in [2.05, 4.69) is 10.6 Å². The van der Waals surface area contributed by atoms with Gasteiger partial charge in [-0.05, 0) is 37.1 Å². The molecule has 1 aromatic rings. The van der Waals surface area contributed by atoms with Gasteiger partial charge >= 0.3 is 5.97 Å². The maximum atomic E-state index is 13.3. The molecule has 0 aromatic heterocycles. The molecule has 2 amide bonds. The van der Waals surface area contributed by atoms with Crippen LogP contribution in [0.5, 0.6) is 0 Å². The van der Waals surface area contributed by atoms with E-state index in [9.17, 15) is 23.2 Å². The van der Waals surface area contributed by atoms with Gasteiger partial charge in [0.25, 0.3) is 5.91 Å². The summed E-state index contributed by atoms with van der Waals surface area (Å²) in [4.78, 5) is 34.7. The van der Waals surface area contributed by atoms with Crippen LogP contribution in [0.1, 0.15) is 49.4 Å². The standard InChI is InChI=1S/C18H22F2N2O4/c1-17(7-9-18(19,20)10-8-17)16(26)22-13-4-2-12(3-5-13)15(25)21-11-6-14(23)24/h2-5H,6-11H2,1H3,(H,21,25)(H,22,26)(H,23,24). The van der Waals surface area contributed by atoms with Crippen molar-refractivity contribution in [3.8, 4) is 0 Å². The molecular weight excluding hydrogens is 346 g/mol. The average Bonchev–Trinajstić information content (AvgIpc) is 2.58. The first kappa shape index (κ1) is 19.8. The second-order valence-corrected chi connectivity index (χ2v) is 6.85. The van der Waals surface area contributed by atoms with Crippen molar-refractivity contribution in [2.24, 2.45) is 5.41 Å². The molecule has 6 nitrogen and oxygen atoms in total. The summed E-state index contributed by atoms with van der Waals surface area (Å²) < 4.78 is 26.6. The quantitative estimate of drug-likeness (QED) is 0.719. The Morgan fingerprint density at radius 1 is 1.08 bits per heavy atom. The molecule has 0 atom stereocenters. The Bertz CT molecular complexity index is 679. The zero-order valence-electron chi connectivity index (χ0n) is 14.5. The third kappa shape index (κ3) is 5.24. The smallest absolute Gasteiger partial charge is 0.305 e. The fraction of sp³-hybridized carbons (Fsp3) is 0.500. The summed E-state index contributed by atoms with van der Waals surface area (Å²) >= 11 is 0. The molecule has 0 heterocycles. The molecule has 0 aliphatic heterocycles. The van der Waals surface area contributed by atoms with Gasteiger partial charge in [0.1, 0.15) is 0 Å². The first-order valence-corrected chi connectivity index (χ1v) is 8.41. The molecule has 1 aliphatic carbocycles. The van der Waals surface area contributed by atoms with Crippen LogP contribution < -0.4 is 10.6 Å². The van der Waals surface area contributed by atoms with Crippen LogP contribution in [-0.4, -0.2) is 35.4 Å². The number of nitrogens with one attached hydrogen (secondary N) is 2. The number of hydrogen-bond donors (Lipinski definition) is 3. The van der Waals surface area contributed by atoms with Crippen LogP contribution in [0.2, 0.25) is 0 Å². The lowest BCUT2D eigenvalue weighted by Crippen LogP contribution is -2.40. The number of carboxylic acids is 1. The third-order valence-corrected chi connectivity index (χ3v) is 4.66. The second kappa shape index (κ2) is 7.80. The molecule has 1 fully saturated rings. The summed E-state index contributed by atoms with van der Waals surface area (Å²) in [5, 5.41) is 13.7. The number of anilines is 1. The summed E-state index contributed by atoms with van der Waals surface area (Å²) in [6, 6.07) is 6.10. The molecule has 1 saturated carbocycles. The van der Waals surface area contributed by atoms with E-state index in [0.717, 1.165) is 0 Å². The van der Waals surface area contributed by atoms with Crippen LogP contribution in [0.25, 0.3) is 0 Å². The number of carbonyl (C=O) groups excluding carboxylic acids is 2. The Labute approximate surface area is 150 Å². The third-order valence-electron chi connectivity index (χ3n) is 4.66. The highest BCUT2D eigenvalue weighted by Gasteiger charge is 2.44. The van der Waals surface area contributed by atoms with Crippen molar-refractivity contribution in [1.82, 2.24) is 5.32 Å². The van der Waals surface area contributed by atoms with Crippen LogP contribution in [0, 0.1) is 5.41 Å². The molecule has 2 rings (SSSR count). The number of hydrogen-bond acceptors (Lipinski definition) is 3. The Morgan fingerprint density at radius 3 is 2.19 bits per heavy atom. The van der Waals surface area contributed by atoms with Crippen LogP contribution in [0.3, 0.4) is 0 Å². The van der Waals surface area contributed by atoms with Crippen LogP contribution in [-0.2, 0) is 9.59 Å². The summed E-state index contributed by atoms with van der Waals surface area (Å²) in [5.41, 5.74) is -0.0401. The number of amides is 2. The molecule has 8 heteroatoms. The minimum Gasteiger partial charge on any atom is -0.481 e. The van der Waals surface area contributed by atoms with E-state index in [1.807, 2.05) is 0 Å². The molecule has 3 N–H and O–H groups in total. The second-order valence-electron chi connectivity index (χ2n) is 6.85. The van der Waals surface area contributed by atoms with Crippen LogP contribution in [0.15, 0.2) is 24.3 Å². The zero-order valence-corrected chi connectivity index (χ0v) is 14.5. The summed E-state index contributed by atoms with van der Waals surface area (Å²) in [7, 11) is 0. The highest BCUT2D eigenvalue weighted by Crippen LogP contribution is 2.43. The zero-order chi connectivity index (χ0) is 19.4. The number of aliphatic carboxylic acids is 1. The molecule has 26 heavy (non-hydrogen) atoms. The van der Waals surface area contributed by atoms with E-state index in [0.29, 0.717) is 11.3 Å². The Kier molecular flexibility index (Phi) is 5.94. The van der Waals surface area contributed by atoms with Crippen LogP contribution in [0.4, 0.5) is 14.5 Å². The minimum absolute atomic E-state index is 0.0235. The molecule has 0 unspecified atom stereocenters. The summed E-state index contributed by atoms with van der Waals surface area (Å²) in [6.45, 7) is 1.71. The minimum atomic E-state index is -2.70. The largest absolute Gasteiger partial charge is 0.481 e. The van der Waals surface area contributed by atoms with Gasteiger partial charge < -0.3 is 15.7 Å². The number of halogens is 2. The Morgan fingerprint density at radius 2 is 1.65 bits per heavy atom. The normalized spacial score (nSPS) is 18.0. The lowest BCUT2D eigenvalue weighted by molar-refractivity contribution is -0.137. The van der Waals surface area contributed by atoms with Crippen molar-refractivity contribution < 1.29 is 28.3 Å². The van der Waals surface area contributed by atoms with Crippen molar-refractivity contribution in [1.29, 1.82) is 0 Å². The van der Waals surface area contributed by atoms with E-state index in [1.165, 1.54) is 12.1 Å². The predicted octanol–water partition coefficient (Wildman–Crippen LogP) is 3.05. The molecule has 0 saturated heterocycles. The van der Waals surface area contributed by atoms with Crippen LogP contribution >= 0.6 is 0 Å². The summed E-state index contributed by atoms with van der Waals surface area (Å²) in [6.07, 6.45) is -0.526. The number of benzene rings is 1. The lowest BCUT2D eigenvalue weighted by Gasteiger charge is -2.35. The van der Waals surface area contributed by atoms with Gasteiger partial charge in [-0.25, -0.2) is 8.78 Å². The van der Waals surface area contributed by atoms with E-state index in [4.69, 9.17) is 5.11 Å². The number of carboxylic acid groups (broad SMARTS) is 1. The number of rotatable bonds is 6. The monoisotopic (exact) mass is 368 g/mol. The molecule has 0 spiro atoms. The van der Waals surface area contributed by atoms with Gasteiger partial charge in [-0.15, -0.1) is 0 Å². The van der Waals surface area contributed by atoms with Gasteiger partial charge in [-0.2, -0.15) is 0 Å². The predicted molar refractivity (Wildman–Crippen MR) is 91.2 cm³/mol. The van der Waals surface area contributed by atoms with Crippen molar-refractivity contribution in [2.75, 3.05) is 11.9 Å². The van der Waals surface area contributed by atoms with Gasteiger partial charge in [0.05, 0.1) is 6.42 Å². The topological polar surface area (TPSA) is 95.5 Å². The summed E-state index contributed by atoms with van der Waals surface area (Å²) in [5.74, 6) is -4.43. The van der Waals surface area contributed by atoms with Crippen molar-refractivity contribution in [3.05, 3.63) is 29.8 Å². The van der Waals surface area contributed by atoms with Crippen molar-refractivity contribution in [3.63, 3.8) is 0 Å². The maximum Gasteiger partial charge on any atom is 0.305 e. The molecular formula is C18H22F2N2O4. The van der Waals surface area contributed by atoms with E-state index >= 15 is 0 Å². The van der Waals surface area contributed by atoms with Gasteiger partial charge in [0, 0.05) is 36.1 Å². The maximum absolute atomic E-state index is 13.3. The van der Waals surface area contributed by atoms with Gasteiger partial charge in [0.2, 0.25) is 11.8 Å². The van der Waals surface area contributed by atoms with E-state index in [1.54, 1.807) is 19.1 Å². The van der Waals surface area contributed by atoms with Gasteiger partial charge in [0.15, 0.2) is 0 Å². The molecule has 1 aromatic carbocycles. The van der Waals surface area contributed by atoms with Gasteiger partial charge in [-0.1, -0.05) is 6.92 Å². The van der Waals surface area contributed by atoms with E-state index < -0.39 is 23.2 Å². The Balaban J connectivity index is 1.91. The fourth-order valence-corrected chi connectivity index (χ4v) is 2.77. The molecule has 0 bridgehead atoms. The van der Waals surface area contributed by atoms with E-state index in [-0.39, 0.29) is 44.6 Å². The molecule has 142 valence electrons. The van der Waals surface area contributed by atoms with Gasteiger partial charge in [-0.3, -0.25) is 14.4 Å². The van der Waals surface area contributed by atoms with Crippen molar-refractivity contribution in [2.45, 2.75) is 45.0 Å². The average molecular weight is 368 g/mol.